The van der Waals surface area contributed by atoms with Gasteiger partial charge in [-0.15, -0.1) is 0 Å². The molecule has 2 rings (SSSR count). The highest BCUT2D eigenvalue weighted by atomic mass is 19.1. The minimum Gasteiger partial charge on any atom is -0.244 e. The Kier molecular flexibility index (Phi) is 2.95. The maximum atomic E-state index is 13.1. The van der Waals surface area contributed by atoms with Gasteiger partial charge in [-0.1, -0.05) is 19.1 Å². The van der Waals surface area contributed by atoms with Crippen molar-refractivity contribution in [2.75, 3.05) is 0 Å². The minimum atomic E-state index is -0.209. The normalized spacial score (nSPS) is 12.4. The molecule has 0 spiro atoms. The van der Waals surface area contributed by atoms with E-state index in [-0.39, 0.29) is 11.7 Å². The molecule has 0 saturated heterocycles. The van der Waals surface area contributed by atoms with Crippen molar-refractivity contribution in [3.63, 3.8) is 0 Å². The Morgan fingerprint density at radius 3 is 2.81 bits per heavy atom. The molecule has 82 valence electrons. The number of aromatic nitrogens is 2. The topological polar surface area (TPSA) is 25.8 Å². The fourth-order valence-corrected chi connectivity index (χ4v) is 1.78. The van der Waals surface area contributed by atoms with E-state index in [2.05, 4.69) is 9.97 Å². The van der Waals surface area contributed by atoms with Gasteiger partial charge in [0.15, 0.2) is 0 Å². The summed E-state index contributed by atoms with van der Waals surface area (Å²) in [6.45, 7) is 3.97. The van der Waals surface area contributed by atoms with Gasteiger partial charge in [0.25, 0.3) is 0 Å². The summed E-state index contributed by atoms with van der Waals surface area (Å²) in [5.74, 6) is -0.101. The van der Waals surface area contributed by atoms with Crippen molar-refractivity contribution in [1.82, 2.24) is 9.97 Å². The zero-order valence-electron chi connectivity index (χ0n) is 9.31. The second kappa shape index (κ2) is 4.39. The number of halogens is 1. The summed E-state index contributed by atoms with van der Waals surface area (Å²) >= 11 is 0. The van der Waals surface area contributed by atoms with Crippen molar-refractivity contribution in [3.05, 3.63) is 59.4 Å². The second-order valence-corrected chi connectivity index (χ2v) is 3.84. The van der Waals surface area contributed by atoms with Crippen molar-refractivity contribution < 1.29 is 4.39 Å². The highest BCUT2D eigenvalue weighted by Crippen LogP contribution is 2.25. The molecule has 1 heterocycles. The molecule has 0 N–H and O–H groups in total. The third kappa shape index (κ3) is 2.08. The highest BCUT2D eigenvalue weighted by Gasteiger charge is 2.12. The quantitative estimate of drug-likeness (QED) is 0.771. The molecule has 1 aromatic heterocycles. The summed E-state index contributed by atoms with van der Waals surface area (Å²) in [5.41, 5.74) is 2.91. The average molecular weight is 216 g/mol. The Hall–Kier alpha value is -1.77. The highest BCUT2D eigenvalue weighted by molar-refractivity contribution is 5.32. The molecule has 3 heteroatoms. The summed E-state index contributed by atoms with van der Waals surface area (Å²) in [4.78, 5) is 8.15. The molecule has 1 atom stereocenters. The summed E-state index contributed by atoms with van der Waals surface area (Å²) < 4.78 is 13.1. The molecule has 0 bridgehead atoms. The molecule has 0 aliphatic heterocycles. The Balaban J connectivity index is 2.39. The van der Waals surface area contributed by atoms with Crippen molar-refractivity contribution in [1.29, 1.82) is 0 Å². The van der Waals surface area contributed by atoms with Crippen LogP contribution >= 0.6 is 0 Å². The smallest absolute Gasteiger partial charge is 0.123 e. The van der Waals surface area contributed by atoms with Crippen LogP contribution in [0.2, 0.25) is 0 Å². The number of aryl methyl sites for hydroxylation is 1. The lowest BCUT2D eigenvalue weighted by Gasteiger charge is -2.13. The largest absolute Gasteiger partial charge is 0.244 e. The van der Waals surface area contributed by atoms with E-state index in [1.807, 2.05) is 19.9 Å². The molecular weight excluding hydrogens is 203 g/mol. The van der Waals surface area contributed by atoms with Crippen LogP contribution in [0.5, 0.6) is 0 Å². The standard InChI is InChI=1S/C13H13FN2/c1-9(11-4-3-5-12(14)6-11)13-7-15-8-16-10(13)2/h3-9H,1-2H3. The van der Waals surface area contributed by atoms with Crippen LogP contribution in [-0.2, 0) is 0 Å². The SMILES string of the molecule is Cc1ncncc1C(C)c1cccc(F)c1. The van der Waals surface area contributed by atoms with Gasteiger partial charge in [0.2, 0.25) is 0 Å². The van der Waals surface area contributed by atoms with Crippen LogP contribution in [0.15, 0.2) is 36.8 Å². The van der Waals surface area contributed by atoms with E-state index in [0.29, 0.717) is 0 Å². The van der Waals surface area contributed by atoms with Crippen molar-refractivity contribution in [3.8, 4) is 0 Å². The predicted molar refractivity (Wildman–Crippen MR) is 60.7 cm³/mol. The van der Waals surface area contributed by atoms with Crippen LogP contribution in [0, 0.1) is 12.7 Å². The van der Waals surface area contributed by atoms with Crippen LogP contribution in [0.25, 0.3) is 0 Å². The van der Waals surface area contributed by atoms with Crippen LogP contribution in [0.4, 0.5) is 4.39 Å². The van der Waals surface area contributed by atoms with Gasteiger partial charge in [0, 0.05) is 17.8 Å². The first-order chi connectivity index (χ1) is 7.68. The molecule has 0 amide bonds. The molecule has 1 unspecified atom stereocenters. The van der Waals surface area contributed by atoms with Gasteiger partial charge in [-0.25, -0.2) is 14.4 Å². The molecule has 0 saturated carbocycles. The number of rotatable bonds is 2. The second-order valence-electron chi connectivity index (χ2n) is 3.84. The lowest BCUT2D eigenvalue weighted by Crippen LogP contribution is -2.01. The maximum absolute atomic E-state index is 13.1. The van der Waals surface area contributed by atoms with Gasteiger partial charge in [0.05, 0.1) is 0 Å². The zero-order chi connectivity index (χ0) is 11.5. The van der Waals surface area contributed by atoms with E-state index >= 15 is 0 Å². The van der Waals surface area contributed by atoms with Crippen LogP contribution in [0.3, 0.4) is 0 Å². The third-order valence-corrected chi connectivity index (χ3v) is 2.76. The zero-order valence-corrected chi connectivity index (χ0v) is 9.31. The first-order valence-corrected chi connectivity index (χ1v) is 5.20. The van der Waals surface area contributed by atoms with E-state index < -0.39 is 0 Å². The van der Waals surface area contributed by atoms with Crippen LogP contribution < -0.4 is 0 Å². The van der Waals surface area contributed by atoms with Gasteiger partial charge in [-0.2, -0.15) is 0 Å². The summed E-state index contributed by atoms with van der Waals surface area (Å²) in [6, 6.07) is 6.64. The fourth-order valence-electron chi connectivity index (χ4n) is 1.78. The number of hydrogen-bond donors (Lipinski definition) is 0. The summed E-state index contributed by atoms with van der Waals surface area (Å²) in [5, 5.41) is 0. The van der Waals surface area contributed by atoms with E-state index in [0.717, 1.165) is 16.8 Å². The average Bonchev–Trinajstić information content (AvgIpc) is 2.29. The summed E-state index contributed by atoms with van der Waals surface area (Å²) in [6.07, 6.45) is 3.31. The van der Waals surface area contributed by atoms with E-state index in [9.17, 15) is 4.39 Å². The Labute approximate surface area is 94.2 Å². The maximum Gasteiger partial charge on any atom is 0.123 e. The lowest BCUT2D eigenvalue weighted by molar-refractivity contribution is 0.624. The van der Waals surface area contributed by atoms with Crippen molar-refractivity contribution >= 4 is 0 Å². The molecule has 2 aromatic rings. The van der Waals surface area contributed by atoms with Gasteiger partial charge in [0.1, 0.15) is 12.1 Å². The molecule has 1 aromatic carbocycles. The van der Waals surface area contributed by atoms with Gasteiger partial charge >= 0.3 is 0 Å². The Morgan fingerprint density at radius 2 is 2.12 bits per heavy atom. The van der Waals surface area contributed by atoms with Crippen LogP contribution in [0.1, 0.15) is 29.7 Å². The number of hydrogen-bond acceptors (Lipinski definition) is 2. The monoisotopic (exact) mass is 216 g/mol. The first kappa shape index (κ1) is 10.7. The van der Waals surface area contributed by atoms with E-state index in [1.165, 1.54) is 12.4 Å². The van der Waals surface area contributed by atoms with E-state index in [4.69, 9.17) is 0 Å². The molecule has 0 radical (unpaired) electrons. The third-order valence-electron chi connectivity index (χ3n) is 2.76. The Morgan fingerprint density at radius 1 is 1.31 bits per heavy atom. The molecule has 0 aliphatic rings. The van der Waals surface area contributed by atoms with Gasteiger partial charge in [-0.3, -0.25) is 0 Å². The van der Waals surface area contributed by atoms with Crippen molar-refractivity contribution in [2.24, 2.45) is 0 Å². The number of nitrogens with zero attached hydrogens (tertiary/aromatic N) is 2. The Bertz CT molecular complexity index is 497. The van der Waals surface area contributed by atoms with Crippen molar-refractivity contribution in [2.45, 2.75) is 19.8 Å². The first-order valence-electron chi connectivity index (χ1n) is 5.20. The minimum absolute atomic E-state index is 0.108. The predicted octanol–water partition coefficient (Wildman–Crippen LogP) is 3.08. The molecule has 0 aliphatic carbocycles. The molecular formula is C13H13FN2. The van der Waals surface area contributed by atoms with Gasteiger partial charge in [-0.05, 0) is 30.2 Å². The van der Waals surface area contributed by atoms with E-state index in [1.54, 1.807) is 18.3 Å². The summed E-state index contributed by atoms with van der Waals surface area (Å²) in [7, 11) is 0. The lowest BCUT2D eigenvalue weighted by atomic mass is 9.93. The molecule has 16 heavy (non-hydrogen) atoms. The molecule has 2 nitrogen and oxygen atoms in total. The van der Waals surface area contributed by atoms with Gasteiger partial charge < -0.3 is 0 Å². The fraction of sp³-hybridized carbons (Fsp3) is 0.231. The van der Waals surface area contributed by atoms with Crippen LogP contribution in [-0.4, -0.2) is 9.97 Å². The number of benzene rings is 1. The molecule has 0 fully saturated rings.